The van der Waals surface area contributed by atoms with Crippen molar-refractivity contribution in [3.05, 3.63) is 47.3 Å². The first kappa shape index (κ1) is 38.6. The number of alkyl halides is 6. The van der Waals surface area contributed by atoms with E-state index in [1.165, 1.54) is 23.1 Å². The maximum absolute atomic E-state index is 14.0. The number of carbonyl (C=O) groups excluding carboxylic acids is 3. The molecule has 2 aliphatic heterocycles. The number of ketones is 1. The minimum atomic E-state index is -4.85. The number of piperidine rings is 1. The molecule has 0 unspecified atom stereocenters. The van der Waals surface area contributed by atoms with Crippen molar-refractivity contribution < 1.29 is 50.6 Å². The minimum Gasteiger partial charge on any atom is -0.444 e. The number of aromatic nitrogens is 2. The first-order valence-electron chi connectivity index (χ1n) is 16.4. The Morgan fingerprint density at radius 2 is 1.54 bits per heavy atom. The van der Waals surface area contributed by atoms with E-state index in [1.54, 1.807) is 30.6 Å². The SMILES string of the molecule is CC(C)(C)OC(=O)N[C@@H](CO)C(=O)N1CCN(c2cc(N3CCC[C@@H](C(=O)CCCc4ccc(C(F)(F)F)cc4)C3)nc(C(F)(F)F)n2)CC1. The van der Waals surface area contributed by atoms with Gasteiger partial charge in [-0.3, -0.25) is 9.59 Å². The average Bonchev–Trinajstić information content (AvgIpc) is 3.05. The molecule has 0 aliphatic carbocycles. The van der Waals surface area contributed by atoms with Gasteiger partial charge in [0.1, 0.15) is 29.1 Å². The lowest BCUT2D eigenvalue weighted by Crippen LogP contribution is -2.56. The largest absolute Gasteiger partial charge is 0.451 e. The van der Waals surface area contributed by atoms with Gasteiger partial charge in [0.25, 0.3) is 0 Å². The Kier molecular flexibility index (Phi) is 12.2. The molecule has 276 valence electrons. The van der Waals surface area contributed by atoms with Gasteiger partial charge in [-0.2, -0.15) is 26.3 Å². The predicted octanol–water partition coefficient (Wildman–Crippen LogP) is 4.86. The first-order chi connectivity index (χ1) is 23.3. The molecule has 4 rings (SSSR count). The van der Waals surface area contributed by atoms with Crippen molar-refractivity contribution in [3.63, 3.8) is 0 Å². The third-order valence-corrected chi connectivity index (χ3v) is 8.41. The number of aliphatic hydroxyl groups is 1. The van der Waals surface area contributed by atoms with Crippen LogP contribution >= 0.6 is 0 Å². The Bertz CT molecular complexity index is 1490. The van der Waals surface area contributed by atoms with E-state index < -0.39 is 59.9 Å². The Balaban J connectivity index is 1.38. The third kappa shape index (κ3) is 10.7. The summed E-state index contributed by atoms with van der Waals surface area (Å²) in [4.78, 5) is 50.4. The lowest BCUT2D eigenvalue weighted by atomic mass is 9.90. The zero-order valence-electron chi connectivity index (χ0n) is 28.1. The van der Waals surface area contributed by atoms with E-state index in [0.717, 1.165) is 12.1 Å². The summed E-state index contributed by atoms with van der Waals surface area (Å²) >= 11 is 0. The summed E-state index contributed by atoms with van der Waals surface area (Å²) in [6, 6.07) is 4.94. The van der Waals surface area contributed by atoms with Crippen LogP contribution in [0.3, 0.4) is 0 Å². The van der Waals surface area contributed by atoms with Crippen LogP contribution in [0, 0.1) is 5.92 Å². The van der Waals surface area contributed by atoms with Crippen LogP contribution in [0.4, 0.5) is 42.8 Å². The fraction of sp³-hybridized carbons (Fsp3) is 0.606. The van der Waals surface area contributed by atoms with E-state index in [4.69, 9.17) is 4.74 Å². The van der Waals surface area contributed by atoms with E-state index in [2.05, 4.69) is 15.3 Å². The topological polar surface area (TPSA) is 128 Å². The van der Waals surface area contributed by atoms with E-state index in [0.29, 0.717) is 37.8 Å². The van der Waals surface area contributed by atoms with Crippen LogP contribution in [-0.2, 0) is 33.1 Å². The predicted molar refractivity (Wildman–Crippen MR) is 170 cm³/mol. The Hall–Kier alpha value is -4.15. The van der Waals surface area contributed by atoms with Gasteiger partial charge >= 0.3 is 18.4 Å². The maximum Gasteiger partial charge on any atom is 0.451 e. The van der Waals surface area contributed by atoms with Gasteiger partial charge in [0.2, 0.25) is 11.7 Å². The molecular formula is C33H42F6N6O5. The number of Topliss-reactive ketones (excluding diaryl/α,β-unsaturated/α-hetero) is 1. The van der Waals surface area contributed by atoms with Crippen LogP contribution in [0.1, 0.15) is 63.4 Å². The van der Waals surface area contributed by atoms with Gasteiger partial charge in [0, 0.05) is 57.7 Å². The van der Waals surface area contributed by atoms with Crippen molar-refractivity contribution in [1.82, 2.24) is 20.2 Å². The van der Waals surface area contributed by atoms with Crippen LogP contribution in [-0.4, -0.2) is 95.3 Å². The Labute approximate surface area is 286 Å². The summed E-state index contributed by atoms with van der Waals surface area (Å²) in [7, 11) is 0. The molecule has 17 heteroatoms. The highest BCUT2D eigenvalue weighted by atomic mass is 19.4. The number of hydrogen-bond donors (Lipinski definition) is 2. The molecule has 2 atom stereocenters. The van der Waals surface area contributed by atoms with Crippen molar-refractivity contribution in [2.75, 3.05) is 55.7 Å². The molecular weight excluding hydrogens is 674 g/mol. The lowest BCUT2D eigenvalue weighted by Gasteiger charge is -2.38. The van der Waals surface area contributed by atoms with Crippen LogP contribution in [0.25, 0.3) is 0 Å². The first-order valence-corrected chi connectivity index (χ1v) is 16.4. The number of hydrogen-bond acceptors (Lipinski definition) is 9. The minimum absolute atomic E-state index is 0.00463. The van der Waals surface area contributed by atoms with Gasteiger partial charge < -0.3 is 29.9 Å². The number of benzene rings is 1. The quantitative estimate of drug-likeness (QED) is 0.332. The van der Waals surface area contributed by atoms with E-state index >= 15 is 0 Å². The number of ether oxygens (including phenoxy) is 1. The molecule has 3 heterocycles. The number of aryl methyl sites for hydroxylation is 1. The molecule has 0 saturated carbocycles. The van der Waals surface area contributed by atoms with Crippen LogP contribution < -0.4 is 15.1 Å². The van der Waals surface area contributed by atoms with Crippen molar-refractivity contribution in [1.29, 1.82) is 0 Å². The number of carbonyl (C=O) groups is 3. The molecule has 2 fully saturated rings. The van der Waals surface area contributed by atoms with E-state index in [-0.39, 0.29) is 56.6 Å². The summed E-state index contributed by atoms with van der Waals surface area (Å²) in [6.45, 7) is 5.18. The molecule has 0 radical (unpaired) electrons. The van der Waals surface area contributed by atoms with E-state index in [9.17, 15) is 45.8 Å². The zero-order valence-corrected chi connectivity index (χ0v) is 28.1. The molecule has 1 aromatic heterocycles. The van der Waals surface area contributed by atoms with Crippen molar-refractivity contribution in [3.8, 4) is 0 Å². The van der Waals surface area contributed by atoms with Crippen molar-refractivity contribution in [2.45, 2.75) is 76.9 Å². The number of aliphatic hydroxyl groups excluding tert-OH is 1. The zero-order chi connectivity index (χ0) is 36.9. The number of piperazine rings is 1. The highest BCUT2D eigenvalue weighted by molar-refractivity contribution is 5.86. The second kappa shape index (κ2) is 15.8. The number of alkyl carbamates (subject to hydrolysis) is 1. The van der Waals surface area contributed by atoms with Crippen molar-refractivity contribution >= 4 is 29.4 Å². The number of halogens is 6. The molecule has 2 saturated heterocycles. The van der Waals surface area contributed by atoms with Crippen molar-refractivity contribution in [2.24, 2.45) is 5.92 Å². The smallest absolute Gasteiger partial charge is 0.444 e. The maximum atomic E-state index is 14.0. The molecule has 50 heavy (non-hydrogen) atoms. The highest BCUT2D eigenvalue weighted by Crippen LogP contribution is 2.33. The summed E-state index contributed by atoms with van der Waals surface area (Å²) < 4.78 is 85.5. The van der Waals surface area contributed by atoms with Gasteiger partial charge in [0.05, 0.1) is 12.2 Å². The number of anilines is 2. The van der Waals surface area contributed by atoms with Crippen LogP contribution in [0.15, 0.2) is 30.3 Å². The van der Waals surface area contributed by atoms with Crippen LogP contribution in [0.5, 0.6) is 0 Å². The standard InChI is InChI=1S/C33H42F6N6O5/c1-31(2,3)50-30(49)40-24(20-46)28(48)44-16-14-43(15-17-44)26-18-27(42-29(41-26)33(37,38)39)45-13-5-7-22(19-45)25(47)8-4-6-21-9-11-23(12-10-21)32(34,35)36/h9-12,18,22,24,46H,4-8,13-17,19-20H2,1-3H3,(H,40,49)/t22-,24+/m1/s1. The van der Waals surface area contributed by atoms with Gasteiger partial charge in [0.15, 0.2) is 0 Å². The Morgan fingerprint density at radius 3 is 2.10 bits per heavy atom. The molecule has 2 aromatic rings. The monoisotopic (exact) mass is 716 g/mol. The normalized spacial score (nSPS) is 18.1. The Morgan fingerprint density at radius 1 is 0.920 bits per heavy atom. The highest BCUT2D eigenvalue weighted by Gasteiger charge is 2.38. The molecule has 1 aromatic carbocycles. The third-order valence-electron chi connectivity index (χ3n) is 8.41. The molecule has 2 N–H and O–H groups in total. The van der Waals surface area contributed by atoms with Gasteiger partial charge in [-0.25, -0.2) is 14.8 Å². The van der Waals surface area contributed by atoms with Gasteiger partial charge in [-0.1, -0.05) is 12.1 Å². The van der Waals surface area contributed by atoms with E-state index in [1.807, 2.05) is 0 Å². The summed E-state index contributed by atoms with van der Waals surface area (Å²) in [5.74, 6) is -2.41. The summed E-state index contributed by atoms with van der Waals surface area (Å²) in [6.07, 6.45) is -8.07. The average molecular weight is 717 g/mol. The summed E-state index contributed by atoms with van der Waals surface area (Å²) in [5, 5.41) is 12.1. The molecule has 11 nitrogen and oxygen atoms in total. The molecule has 0 bridgehead atoms. The number of amides is 2. The fourth-order valence-corrected chi connectivity index (χ4v) is 5.86. The number of rotatable bonds is 10. The van der Waals surface area contributed by atoms with Gasteiger partial charge in [-0.05, 0) is 64.2 Å². The second-order valence-corrected chi connectivity index (χ2v) is 13.4. The summed E-state index contributed by atoms with van der Waals surface area (Å²) in [5.41, 5.74) is -0.907. The lowest BCUT2D eigenvalue weighted by molar-refractivity contribution is -0.145. The van der Waals surface area contributed by atoms with Gasteiger partial charge in [-0.15, -0.1) is 0 Å². The fourth-order valence-electron chi connectivity index (χ4n) is 5.86. The molecule has 2 aliphatic rings. The molecule has 0 spiro atoms. The number of nitrogens with zero attached hydrogens (tertiary/aromatic N) is 5. The second-order valence-electron chi connectivity index (χ2n) is 13.4. The van der Waals surface area contributed by atoms with Crippen LogP contribution in [0.2, 0.25) is 0 Å². The number of nitrogens with one attached hydrogen (secondary N) is 1. The molecule has 2 amide bonds.